The van der Waals surface area contributed by atoms with Crippen molar-refractivity contribution in [2.24, 2.45) is 0 Å². The van der Waals surface area contributed by atoms with Crippen LogP contribution in [0.3, 0.4) is 0 Å². The fourth-order valence-corrected chi connectivity index (χ4v) is 0.279. The van der Waals surface area contributed by atoms with E-state index in [1.165, 1.54) is 0 Å². The molecule has 0 bridgehead atoms. The first kappa shape index (κ1) is 9.27. The van der Waals surface area contributed by atoms with Gasteiger partial charge in [0.2, 0.25) is 0 Å². The first-order valence-corrected chi connectivity index (χ1v) is 4.36. The van der Waals surface area contributed by atoms with Crippen LogP contribution in [-0.2, 0) is 18.9 Å². The Hall–Kier alpha value is 0.274. The van der Waals surface area contributed by atoms with Crippen LogP contribution in [0.1, 0.15) is 6.42 Å². The molecule has 56 valence electrons. The summed E-state index contributed by atoms with van der Waals surface area (Å²) in [7, 11) is 1.86. The zero-order chi connectivity index (χ0) is 6.95. The van der Waals surface area contributed by atoms with E-state index in [9.17, 15) is 0 Å². The lowest BCUT2D eigenvalue weighted by Gasteiger charge is -2.06. The van der Waals surface area contributed by atoms with E-state index in [2.05, 4.69) is 18.9 Å². The largest absolute Gasteiger partial charge is 0.471 e. The van der Waals surface area contributed by atoms with Crippen LogP contribution in [-0.4, -0.2) is 34.2 Å². The summed E-state index contributed by atoms with van der Waals surface area (Å²) in [6.45, 7) is 1.31. The average molecular weight is 168 g/mol. The number of rotatable bonds is 0. The maximum absolute atomic E-state index is 4.53. The monoisotopic (exact) mass is 168 g/mol. The molecule has 9 heavy (non-hydrogen) atoms. The Morgan fingerprint density at radius 3 is 1.67 bits per heavy atom. The molecule has 0 aromatic carbocycles. The quantitative estimate of drug-likeness (QED) is 0.305. The van der Waals surface area contributed by atoms with Crippen molar-refractivity contribution in [3.63, 3.8) is 0 Å². The van der Waals surface area contributed by atoms with E-state index >= 15 is 0 Å². The Balaban J connectivity index is 0.000000187. The maximum atomic E-state index is 4.53. The highest BCUT2D eigenvalue weighted by molar-refractivity contribution is 6.15. The van der Waals surface area contributed by atoms with Gasteiger partial charge in [-0.25, -0.2) is 9.78 Å². The van der Waals surface area contributed by atoms with Gasteiger partial charge in [0.1, 0.15) is 21.0 Å². The van der Waals surface area contributed by atoms with E-state index in [0.717, 1.165) is 27.4 Å². The lowest BCUT2D eigenvalue weighted by Crippen LogP contribution is -2.08. The fraction of sp³-hybridized carbons (Fsp3) is 1.00. The molecule has 0 atom stereocenters. The van der Waals surface area contributed by atoms with Crippen molar-refractivity contribution >= 4 is 21.0 Å². The first-order valence-electron chi connectivity index (χ1n) is 2.73. The number of hydrogen-bond acceptors (Lipinski definition) is 4. The Morgan fingerprint density at radius 1 is 1.11 bits per heavy atom. The van der Waals surface area contributed by atoms with Crippen molar-refractivity contribution in [1.82, 2.24) is 0 Å². The second-order valence-corrected chi connectivity index (χ2v) is 4.74. The summed E-state index contributed by atoms with van der Waals surface area (Å²) in [5.41, 5.74) is 0. The standard InChI is InChI=1S/C3H6O3.H6OSi2/c1-2-4-6-5-3-1;2-1-3/h1-3H2;2-3H3. The van der Waals surface area contributed by atoms with Crippen LogP contribution in [0.25, 0.3) is 0 Å². The van der Waals surface area contributed by atoms with Crippen molar-refractivity contribution in [3.05, 3.63) is 0 Å². The highest BCUT2D eigenvalue weighted by Crippen LogP contribution is 1.93. The van der Waals surface area contributed by atoms with Gasteiger partial charge < -0.3 is 4.12 Å². The smallest absolute Gasteiger partial charge is 0.129 e. The Kier molecular flexibility index (Phi) is 8.53. The third-order valence-corrected chi connectivity index (χ3v) is 0.552. The van der Waals surface area contributed by atoms with E-state index in [1.807, 2.05) is 0 Å². The van der Waals surface area contributed by atoms with Gasteiger partial charge in [0.15, 0.2) is 0 Å². The lowest BCUT2D eigenvalue weighted by atomic mass is 10.5. The van der Waals surface area contributed by atoms with E-state index in [-0.39, 0.29) is 0 Å². The van der Waals surface area contributed by atoms with E-state index in [4.69, 9.17) is 0 Å². The molecule has 1 saturated heterocycles. The summed E-state index contributed by atoms with van der Waals surface area (Å²) in [4.78, 5) is 8.69. The lowest BCUT2D eigenvalue weighted by molar-refractivity contribution is -0.532. The molecule has 0 N–H and O–H groups in total. The van der Waals surface area contributed by atoms with Gasteiger partial charge in [0.05, 0.1) is 13.2 Å². The predicted molar refractivity (Wildman–Crippen MR) is 38.6 cm³/mol. The molecule has 0 aliphatic carbocycles. The molecular weight excluding hydrogens is 156 g/mol. The van der Waals surface area contributed by atoms with Gasteiger partial charge in [-0.15, -0.1) is 0 Å². The van der Waals surface area contributed by atoms with Gasteiger partial charge in [-0.3, -0.25) is 0 Å². The molecular formula is C3H12O4Si2. The molecule has 0 spiro atoms. The first-order chi connectivity index (χ1) is 4.41. The normalized spacial score (nSPS) is 18.7. The van der Waals surface area contributed by atoms with Gasteiger partial charge >= 0.3 is 0 Å². The number of hydrogen-bond donors (Lipinski definition) is 0. The summed E-state index contributed by atoms with van der Waals surface area (Å²) in [6.07, 6.45) is 0.931. The van der Waals surface area contributed by atoms with E-state index < -0.39 is 0 Å². The summed E-state index contributed by atoms with van der Waals surface area (Å²) >= 11 is 0. The second kappa shape index (κ2) is 8.27. The van der Waals surface area contributed by atoms with Crippen molar-refractivity contribution < 1.29 is 18.9 Å². The Bertz CT molecular complexity index is 37.6. The molecule has 0 aromatic rings. The predicted octanol–water partition coefficient (Wildman–Crippen LogP) is -2.17. The summed E-state index contributed by atoms with van der Waals surface area (Å²) in [5.74, 6) is 0. The van der Waals surface area contributed by atoms with E-state index in [1.54, 1.807) is 0 Å². The molecule has 0 amide bonds. The van der Waals surface area contributed by atoms with Crippen LogP contribution in [0.5, 0.6) is 0 Å². The Morgan fingerprint density at radius 2 is 1.56 bits per heavy atom. The molecule has 1 aliphatic heterocycles. The minimum Gasteiger partial charge on any atom is -0.471 e. The molecule has 0 aromatic heterocycles. The molecule has 1 aliphatic rings. The molecule has 1 rings (SSSR count). The van der Waals surface area contributed by atoms with E-state index in [0.29, 0.717) is 13.2 Å². The van der Waals surface area contributed by atoms with Gasteiger partial charge in [0, 0.05) is 6.42 Å². The molecule has 0 radical (unpaired) electrons. The zero-order valence-electron chi connectivity index (χ0n) is 5.75. The second-order valence-electron chi connectivity index (χ2n) is 1.47. The van der Waals surface area contributed by atoms with Crippen LogP contribution in [0.4, 0.5) is 0 Å². The Labute approximate surface area is 60.4 Å². The van der Waals surface area contributed by atoms with Crippen LogP contribution in [0, 0.1) is 0 Å². The molecule has 1 fully saturated rings. The van der Waals surface area contributed by atoms with Gasteiger partial charge in [-0.2, -0.15) is 0 Å². The topological polar surface area (TPSA) is 36.9 Å². The van der Waals surface area contributed by atoms with Crippen molar-refractivity contribution in [3.8, 4) is 0 Å². The highest BCUT2D eigenvalue weighted by Gasteiger charge is 1.96. The summed E-state index contributed by atoms with van der Waals surface area (Å²) in [6, 6.07) is 0. The molecule has 1 heterocycles. The maximum Gasteiger partial charge on any atom is 0.129 e. The average Bonchev–Trinajstić information content (AvgIpc) is 1.93. The fourth-order valence-electron chi connectivity index (χ4n) is 0.279. The molecule has 0 saturated carbocycles. The van der Waals surface area contributed by atoms with Crippen LogP contribution < -0.4 is 0 Å². The molecule has 0 unspecified atom stereocenters. The third kappa shape index (κ3) is 8.27. The van der Waals surface area contributed by atoms with Gasteiger partial charge in [-0.1, -0.05) is 5.04 Å². The van der Waals surface area contributed by atoms with Gasteiger partial charge in [-0.05, 0) is 0 Å². The van der Waals surface area contributed by atoms with Crippen LogP contribution in [0.15, 0.2) is 0 Å². The summed E-state index contributed by atoms with van der Waals surface area (Å²) in [5, 5.41) is 4.07. The van der Waals surface area contributed by atoms with Crippen molar-refractivity contribution in [2.45, 2.75) is 6.42 Å². The summed E-state index contributed by atoms with van der Waals surface area (Å²) < 4.78 is 4.53. The SMILES string of the molecule is C1COOOC1.[SiH3]O[SiH3]. The van der Waals surface area contributed by atoms with Crippen LogP contribution >= 0.6 is 0 Å². The molecule has 6 heteroatoms. The minimum atomic E-state index is 0.653. The zero-order valence-corrected chi connectivity index (χ0v) is 9.75. The minimum absolute atomic E-state index is 0.653. The van der Waals surface area contributed by atoms with Crippen molar-refractivity contribution in [1.29, 1.82) is 0 Å². The molecule has 4 nitrogen and oxygen atoms in total. The van der Waals surface area contributed by atoms with Gasteiger partial charge in [0.25, 0.3) is 0 Å². The third-order valence-electron chi connectivity index (χ3n) is 0.552. The van der Waals surface area contributed by atoms with Crippen LogP contribution in [0.2, 0.25) is 0 Å². The highest BCUT2D eigenvalue weighted by atomic mass is 28.3. The van der Waals surface area contributed by atoms with Crippen molar-refractivity contribution in [2.75, 3.05) is 13.2 Å².